The van der Waals surface area contributed by atoms with Gasteiger partial charge in [0.15, 0.2) is 0 Å². The minimum Gasteiger partial charge on any atom is -0.489 e. The second-order valence-corrected chi connectivity index (χ2v) is 5.33. The summed E-state index contributed by atoms with van der Waals surface area (Å²) in [5, 5.41) is 3.55. The summed E-state index contributed by atoms with van der Waals surface area (Å²) in [5.74, 6) is 1.01. The van der Waals surface area contributed by atoms with Crippen LogP contribution in [0.25, 0.3) is 0 Å². The van der Waals surface area contributed by atoms with Crippen molar-refractivity contribution in [1.82, 2.24) is 0 Å². The van der Waals surface area contributed by atoms with Gasteiger partial charge < -0.3 is 10.1 Å². The lowest BCUT2D eigenvalue weighted by atomic mass is 9.86. The molecule has 0 aromatic heterocycles. The van der Waals surface area contributed by atoms with E-state index in [4.69, 9.17) is 4.74 Å². The van der Waals surface area contributed by atoms with Gasteiger partial charge in [-0.2, -0.15) is 0 Å². The molecule has 0 radical (unpaired) electrons. The van der Waals surface area contributed by atoms with Crippen LogP contribution in [0.5, 0.6) is 5.75 Å². The van der Waals surface area contributed by atoms with Gasteiger partial charge >= 0.3 is 0 Å². The monoisotopic (exact) mass is 205 g/mol. The summed E-state index contributed by atoms with van der Waals surface area (Å²) in [6.07, 6.45) is 0. The fourth-order valence-corrected chi connectivity index (χ4v) is 1.82. The molecule has 1 aromatic carbocycles. The van der Waals surface area contributed by atoms with Crippen LogP contribution < -0.4 is 10.1 Å². The molecular weight excluding hydrogens is 186 g/mol. The molecule has 0 saturated carbocycles. The third-order valence-corrected chi connectivity index (χ3v) is 2.98. The Morgan fingerprint density at radius 2 is 2.07 bits per heavy atom. The van der Waals surface area contributed by atoms with E-state index >= 15 is 0 Å². The predicted molar refractivity (Wildman–Crippen MR) is 63.5 cm³/mol. The quantitative estimate of drug-likeness (QED) is 0.702. The predicted octanol–water partition coefficient (Wildman–Crippen LogP) is 3.21. The van der Waals surface area contributed by atoms with Crippen LogP contribution in [0.3, 0.4) is 0 Å². The van der Waals surface area contributed by atoms with Crippen molar-refractivity contribution in [3.05, 3.63) is 23.8 Å². The van der Waals surface area contributed by atoms with Crippen molar-refractivity contribution in [3.8, 4) is 5.75 Å². The summed E-state index contributed by atoms with van der Waals surface area (Å²) in [6.45, 7) is 9.53. The minimum absolute atomic E-state index is 0.224. The third-order valence-electron chi connectivity index (χ3n) is 2.98. The van der Waals surface area contributed by atoms with Gasteiger partial charge in [0.25, 0.3) is 0 Å². The van der Waals surface area contributed by atoms with Gasteiger partial charge in [0, 0.05) is 0 Å². The first-order valence-electron chi connectivity index (χ1n) is 5.47. The largest absolute Gasteiger partial charge is 0.489 e. The number of ether oxygens (including phenoxy) is 1. The Hall–Kier alpha value is -1.18. The van der Waals surface area contributed by atoms with Crippen LogP contribution in [0.1, 0.15) is 26.3 Å². The average molecular weight is 205 g/mol. The van der Waals surface area contributed by atoms with Crippen molar-refractivity contribution >= 4 is 5.69 Å². The number of anilines is 1. The van der Waals surface area contributed by atoms with Crippen molar-refractivity contribution in [3.63, 3.8) is 0 Å². The molecule has 1 aliphatic heterocycles. The second kappa shape index (κ2) is 3.44. The highest BCUT2D eigenvalue weighted by molar-refractivity contribution is 5.61. The molecule has 82 valence electrons. The summed E-state index contributed by atoms with van der Waals surface area (Å²) in [6, 6.07) is 6.61. The molecule has 15 heavy (non-hydrogen) atoms. The van der Waals surface area contributed by atoms with E-state index in [0.717, 1.165) is 18.0 Å². The van der Waals surface area contributed by atoms with Gasteiger partial charge in [0.2, 0.25) is 0 Å². The summed E-state index contributed by atoms with van der Waals surface area (Å²) in [4.78, 5) is 0. The smallest absolute Gasteiger partial charge is 0.145 e. The Kier molecular flexibility index (Phi) is 2.37. The van der Waals surface area contributed by atoms with Crippen molar-refractivity contribution in [1.29, 1.82) is 0 Å². The van der Waals surface area contributed by atoms with E-state index in [0.29, 0.717) is 6.04 Å². The molecule has 1 unspecified atom stereocenters. The van der Waals surface area contributed by atoms with E-state index in [9.17, 15) is 0 Å². The molecule has 0 spiro atoms. The number of para-hydroxylation sites is 1. The topological polar surface area (TPSA) is 21.3 Å². The standard InChI is InChI=1S/C13H19NO/c1-9-6-5-7-10-12(9)15-8-11(14-10)13(2,3)4/h5-7,11,14H,8H2,1-4H3. The normalized spacial score (nSPS) is 20.1. The molecule has 2 rings (SSSR count). The summed E-state index contributed by atoms with van der Waals surface area (Å²) in [5.41, 5.74) is 2.55. The number of hydrogen-bond donors (Lipinski definition) is 1. The van der Waals surface area contributed by atoms with Crippen LogP contribution in [-0.4, -0.2) is 12.6 Å². The molecule has 1 aliphatic rings. The number of nitrogens with one attached hydrogen (secondary N) is 1. The van der Waals surface area contributed by atoms with Crippen LogP contribution in [0.15, 0.2) is 18.2 Å². The Balaban J connectivity index is 2.28. The molecule has 0 bridgehead atoms. The Bertz CT molecular complexity index is 365. The second-order valence-electron chi connectivity index (χ2n) is 5.33. The Morgan fingerprint density at radius 1 is 1.33 bits per heavy atom. The van der Waals surface area contributed by atoms with Gasteiger partial charge in [-0.05, 0) is 24.0 Å². The fraction of sp³-hybridized carbons (Fsp3) is 0.538. The third kappa shape index (κ3) is 1.94. The van der Waals surface area contributed by atoms with Gasteiger partial charge in [-0.3, -0.25) is 0 Å². The average Bonchev–Trinajstić information content (AvgIpc) is 2.16. The number of benzene rings is 1. The molecule has 1 heterocycles. The molecule has 0 saturated heterocycles. The van der Waals surface area contributed by atoms with Gasteiger partial charge in [0.1, 0.15) is 12.4 Å². The summed E-state index contributed by atoms with van der Waals surface area (Å²) in [7, 11) is 0. The molecule has 2 nitrogen and oxygen atoms in total. The van der Waals surface area contributed by atoms with E-state index < -0.39 is 0 Å². The lowest BCUT2D eigenvalue weighted by Gasteiger charge is -2.36. The van der Waals surface area contributed by atoms with E-state index in [1.54, 1.807) is 0 Å². The highest BCUT2D eigenvalue weighted by Crippen LogP contribution is 2.35. The molecule has 1 aromatic rings. The van der Waals surface area contributed by atoms with E-state index in [1.165, 1.54) is 5.56 Å². The number of aryl methyl sites for hydroxylation is 1. The van der Waals surface area contributed by atoms with Crippen LogP contribution in [-0.2, 0) is 0 Å². The summed E-state index contributed by atoms with van der Waals surface area (Å²) < 4.78 is 5.83. The highest BCUT2D eigenvalue weighted by atomic mass is 16.5. The molecule has 1 N–H and O–H groups in total. The Morgan fingerprint density at radius 3 is 2.73 bits per heavy atom. The number of rotatable bonds is 0. The molecule has 1 atom stereocenters. The number of hydrogen-bond acceptors (Lipinski definition) is 2. The lowest BCUT2D eigenvalue weighted by Crippen LogP contribution is -2.41. The molecule has 2 heteroatoms. The van der Waals surface area contributed by atoms with Gasteiger partial charge in [-0.25, -0.2) is 0 Å². The number of fused-ring (bicyclic) bond motifs is 1. The van der Waals surface area contributed by atoms with Gasteiger partial charge in [-0.1, -0.05) is 32.9 Å². The van der Waals surface area contributed by atoms with Gasteiger partial charge in [0.05, 0.1) is 11.7 Å². The van der Waals surface area contributed by atoms with Gasteiger partial charge in [-0.15, -0.1) is 0 Å². The molecule has 0 amide bonds. The maximum Gasteiger partial charge on any atom is 0.145 e. The van der Waals surface area contributed by atoms with Crippen LogP contribution in [0, 0.1) is 12.3 Å². The molecular formula is C13H19NO. The SMILES string of the molecule is Cc1cccc2c1OCC(C(C)(C)C)N2. The maximum absolute atomic E-state index is 5.83. The Labute approximate surface area is 91.6 Å². The fourth-order valence-electron chi connectivity index (χ4n) is 1.82. The van der Waals surface area contributed by atoms with E-state index in [1.807, 2.05) is 0 Å². The first-order chi connectivity index (χ1) is 6.98. The maximum atomic E-state index is 5.83. The molecule has 0 aliphatic carbocycles. The molecule has 0 fully saturated rings. The zero-order valence-electron chi connectivity index (χ0n) is 9.92. The minimum atomic E-state index is 0.224. The van der Waals surface area contributed by atoms with E-state index in [-0.39, 0.29) is 5.41 Å². The van der Waals surface area contributed by atoms with Crippen molar-refractivity contribution in [2.75, 3.05) is 11.9 Å². The van der Waals surface area contributed by atoms with Crippen molar-refractivity contribution in [2.24, 2.45) is 5.41 Å². The first-order valence-corrected chi connectivity index (χ1v) is 5.47. The highest BCUT2D eigenvalue weighted by Gasteiger charge is 2.29. The first kappa shape index (κ1) is 10.3. The lowest BCUT2D eigenvalue weighted by molar-refractivity contribution is 0.206. The zero-order valence-corrected chi connectivity index (χ0v) is 9.92. The van der Waals surface area contributed by atoms with E-state index in [2.05, 4.69) is 51.2 Å². The summed E-state index contributed by atoms with van der Waals surface area (Å²) >= 11 is 0. The van der Waals surface area contributed by atoms with Crippen molar-refractivity contribution in [2.45, 2.75) is 33.7 Å². The van der Waals surface area contributed by atoms with Crippen LogP contribution in [0.4, 0.5) is 5.69 Å². The van der Waals surface area contributed by atoms with Crippen LogP contribution >= 0.6 is 0 Å². The van der Waals surface area contributed by atoms with Crippen molar-refractivity contribution < 1.29 is 4.74 Å². The zero-order chi connectivity index (χ0) is 11.1. The van der Waals surface area contributed by atoms with Crippen LogP contribution in [0.2, 0.25) is 0 Å².